The molecule has 0 spiro atoms. The predicted octanol–water partition coefficient (Wildman–Crippen LogP) is 1.86. The standard InChI is InChI=1S/C15H23NO2S/c1-11-3-4-13(7-12(11)2)8-15(9-16)14-5-6-19(17,18)10-14/h3-4,7,14-15H,5-6,8-10,16H2,1-2H3. The van der Waals surface area contributed by atoms with Gasteiger partial charge in [0.25, 0.3) is 0 Å². The highest BCUT2D eigenvalue weighted by molar-refractivity contribution is 7.91. The average Bonchev–Trinajstić information content (AvgIpc) is 2.71. The SMILES string of the molecule is Cc1ccc(CC(CN)C2CCS(=O)(=O)C2)cc1C. The van der Waals surface area contributed by atoms with Crippen molar-refractivity contribution in [2.75, 3.05) is 18.1 Å². The lowest BCUT2D eigenvalue weighted by Crippen LogP contribution is -2.26. The van der Waals surface area contributed by atoms with E-state index >= 15 is 0 Å². The van der Waals surface area contributed by atoms with Gasteiger partial charge in [0.1, 0.15) is 0 Å². The number of aryl methyl sites for hydroxylation is 2. The van der Waals surface area contributed by atoms with E-state index in [0.29, 0.717) is 18.1 Å². The fourth-order valence-corrected chi connectivity index (χ4v) is 4.79. The minimum absolute atomic E-state index is 0.233. The molecule has 3 nitrogen and oxygen atoms in total. The predicted molar refractivity (Wildman–Crippen MR) is 78.9 cm³/mol. The molecular formula is C15H23NO2S. The highest BCUT2D eigenvalue weighted by Gasteiger charge is 2.32. The first-order valence-electron chi connectivity index (χ1n) is 6.88. The van der Waals surface area contributed by atoms with Crippen LogP contribution in [0.2, 0.25) is 0 Å². The molecule has 2 atom stereocenters. The summed E-state index contributed by atoms with van der Waals surface area (Å²) < 4.78 is 23.1. The van der Waals surface area contributed by atoms with Crippen LogP contribution in [0.5, 0.6) is 0 Å². The number of rotatable bonds is 4. The summed E-state index contributed by atoms with van der Waals surface area (Å²) in [6, 6.07) is 6.46. The van der Waals surface area contributed by atoms with Gasteiger partial charge in [-0.2, -0.15) is 0 Å². The van der Waals surface area contributed by atoms with Crippen molar-refractivity contribution in [1.82, 2.24) is 0 Å². The molecule has 0 bridgehead atoms. The average molecular weight is 281 g/mol. The van der Waals surface area contributed by atoms with Crippen molar-refractivity contribution < 1.29 is 8.42 Å². The summed E-state index contributed by atoms with van der Waals surface area (Å²) in [5.74, 6) is 1.16. The molecule has 1 heterocycles. The molecule has 0 amide bonds. The van der Waals surface area contributed by atoms with Crippen molar-refractivity contribution in [1.29, 1.82) is 0 Å². The molecule has 0 aromatic heterocycles. The van der Waals surface area contributed by atoms with E-state index in [2.05, 4.69) is 32.0 Å². The summed E-state index contributed by atoms with van der Waals surface area (Å²) in [6.45, 7) is 4.77. The van der Waals surface area contributed by atoms with E-state index in [9.17, 15) is 8.42 Å². The molecule has 2 N–H and O–H groups in total. The minimum Gasteiger partial charge on any atom is -0.330 e. The molecule has 1 aromatic rings. The molecule has 1 aliphatic heterocycles. The fourth-order valence-electron chi connectivity index (χ4n) is 2.87. The van der Waals surface area contributed by atoms with E-state index in [1.54, 1.807) is 0 Å². The van der Waals surface area contributed by atoms with E-state index in [1.807, 2.05) is 0 Å². The first-order chi connectivity index (χ1) is 8.91. The Morgan fingerprint density at radius 2 is 2.05 bits per heavy atom. The Kier molecular flexibility index (Phi) is 4.31. The van der Waals surface area contributed by atoms with Gasteiger partial charge in [-0.3, -0.25) is 0 Å². The van der Waals surface area contributed by atoms with Gasteiger partial charge in [-0.1, -0.05) is 18.2 Å². The summed E-state index contributed by atoms with van der Waals surface area (Å²) in [6.07, 6.45) is 1.66. The van der Waals surface area contributed by atoms with Gasteiger partial charge in [0.2, 0.25) is 0 Å². The topological polar surface area (TPSA) is 60.2 Å². The molecular weight excluding hydrogens is 258 g/mol. The lowest BCUT2D eigenvalue weighted by atomic mass is 9.86. The monoisotopic (exact) mass is 281 g/mol. The van der Waals surface area contributed by atoms with Crippen LogP contribution in [0.4, 0.5) is 0 Å². The highest BCUT2D eigenvalue weighted by Crippen LogP contribution is 2.28. The summed E-state index contributed by atoms with van der Waals surface area (Å²) in [5.41, 5.74) is 9.70. The van der Waals surface area contributed by atoms with Crippen LogP contribution >= 0.6 is 0 Å². The zero-order valence-electron chi connectivity index (χ0n) is 11.7. The molecule has 0 radical (unpaired) electrons. The van der Waals surface area contributed by atoms with E-state index in [4.69, 9.17) is 5.73 Å². The van der Waals surface area contributed by atoms with Crippen LogP contribution < -0.4 is 5.73 Å². The second kappa shape index (κ2) is 5.63. The van der Waals surface area contributed by atoms with Gasteiger partial charge in [-0.05, 0) is 61.8 Å². The number of nitrogens with two attached hydrogens (primary N) is 1. The zero-order chi connectivity index (χ0) is 14.0. The fraction of sp³-hybridized carbons (Fsp3) is 0.600. The van der Waals surface area contributed by atoms with Crippen molar-refractivity contribution in [3.8, 4) is 0 Å². The van der Waals surface area contributed by atoms with Crippen LogP contribution in [-0.4, -0.2) is 26.5 Å². The number of hydrogen-bond donors (Lipinski definition) is 1. The first-order valence-corrected chi connectivity index (χ1v) is 8.70. The van der Waals surface area contributed by atoms with E-state index in [0.717, 1.165) is 12.8 Å². The minimum atomic E-state index is -2.81. The molecule has 4 heteroatoms. The van der Waals surface area contributed by atoms with Crippen molar-refractivity contribution in [3.63, 3.8) is 0 Å². The molecule has 1 aliphatic rings. The Hall–Kier alpha value is -0.870. The molecule has 2 unspecified atom stereocenters. The molecule has 106 valence electrons. The first kappa shape index (κ1) is 14.5. The maximum atomic E-state index is 11.6. The maximum Gasteiger partial charge on any atom is 0.150 e. The number of benzene rings is 1. The van der Waals surface area contributed by atoms with Gasteiger partial charge in [-0.15, -0.1) is 0 Å². The zero-order valence-corrected chi connectivity index (χ0v) is 12.5. The van der Waals surface area contributed by atoms with Crippen LogP contribution in [0.1, 0.15) is 23.1 Å². The molecule has 19 heavy (non-hydrogen) atoms. The van der Waals surface area contributed by atoms with Gasteiger partial charge in [-0.25, -0.2) is 8.42 Å². The molecule has 0 aliphatic carbocycles. The van der Waals surface area contributed by atoms with Gasteiger partial charge in [0.05, 0.1) is 11.5 Å². The van der Waals surface area contributed by atoms with Crippen LogP contribution in [-0.2, 0) is 16.3 Å². The molecule has 1 fully saturated rings. The highest BCUT2D eigenvalue weighted by atomic mass is 32.2. The lowest BCUT2D eigenvalue weighted by molar-refractivity contribution is 0.370. The van der Waals surface area contributed by atoms with Crippen LogP contribution in [0.25, 0.3) is 0 Å². The molecule has 2 rings (SSSR count). The van der Waals surface area contributed by atoms with Crippen molar-refractivity contribution in [3.05, 3.63) is 34.9 Å². The normalized spacial score (nSPS) is 23.4. The smallest absolute Gasteiger partial charge is 0.150 e. The van der Waals surface area contributed by atoms with Crippen LogP contribution in [0.3, 0.4) is 0 Å². The Labute approximate surface area is 116 Å². The third-order valence-electron chi connectivity index (χ3n) is 4.31. The Bertz CT molecular complexity index is 551. The lowest BCUT2D eigenvalue weighted by Gasteiger charge is -2.21. The van der Waals surface area contributed by atoms with E-state index < -0.39 is 9.84 Å². The van der Waals surface area contributed by atoms with Crippen molar-refractivity contribution in [2.24, 2.45) is 17.6 Å². The third kappa shape index (κ3) is 3.57. The third-order valence-corrected chi connectivity index (χ3v) is 6.10. The van der Waals surface area contributed by atoms with Crippen LogP contribution in [0, 0.1) is 25.7 Å². The Morgan fingerprint density at radius 1 is 1.32 bits per heavy atom. The number of hydrogen-bond acceptors (Lipinski definition) is 3. The quantitative estimate of drug-likeness (QED) is 0.916. The molecule has 1 aromatic carbocycles. The Balaban J connectivity index is 2.09. The summed E-state index contributed by atoms with van der Waals surface area (Å²) >= 11 is 0. The van der Waals surface area contributed by atoms with Gasteiger partial charge < -0.3 is 5.73 Å². The molecule has 1 saturated heterocycles. The maximum absolute atomic E-state index is 11.6. The largest absolute Gasteiger partial charge is 0.330 e. The van der Waals surface area contributed by atoms with Crippen molar-refractivity contribution in [2.45, 2.75) is 26.7 Å². The second-order valence-electron chi connectivity index (χ2n) is 5.78. The summed E-state index contributed by atoms with van der Waals surface area (Å²) in [5, 5.41) is 0. The van der Waals surface area contributed by atoms with Crippen molar-refractivity contribution >= 4 is 9.84 Å². The van der Waals surface area contributed by atoms with Gasteiger partial charge >= 0.3 is 0 Å². The second-order valence-corrected chi connectivity index (χ2v) is 8.01. The summed E-state index contributed by atoms with van der Waals surface area (Å²) in [7, 11) is -2.81. The van der Waals surface area contributed by atoms with E-state index in [-0.39, 0.29) is 11.8 Å². The van der Waals surface area contributed by atoms with Gasteiger partial charge in [0.15, 0.2) is 9.84 Å². The van der Waals surface area contributed by atoms with Gasteiger partial charge in [0, 0.05) is 0 Å². The summed E-state index contributed by atoms with van der Waals surface area (Å²) in [4.78, 5) is 0. The molecule has 0 saturated carbocycles. The van der Waals surface area contributed by atoms with Crippen LogP contribution in [0.15, 0.2) is 18.2 Å². The Morgan fingerprint density at radius 3 is 2.58 bits per heavy atom. The van der Waals surface area contributed by atoms with E-state index in [1.165, 1.54) is 16.7 Å². The number of sulfone groups is 1.